The van der Waals surface area contributed by atoms with Gasteiger partial charge >= 0.3 is 0 Å². The van der Waals surface area contributed by atoms with E-state index in [9.17, 15) is 14.4 Å². The number of aromatic nitrogens is 2. The molecule has 1 heterocycles. The molecule has 0 bridgehead atoms. The standard InChI is InChI=1S/C27H26N4O3/c1-17(2)19-12-14-20(15-13-19)29-25(33)16-31-24-11-7-6-10-23(24)30-26(27(31)34)21-8-4-5-9-22(21)28-18(3)32/h4-15,17H,16H2,1-3H3,(H,28,32)(H,29,33). The molecule has 0 unspecified atom stereocenters. The van der Waals surface area contributed by atoms with Gasteiger partial charge < -0.3 is 10.6 Å². The number of amides is 2. The molecule has 34 heavy (non-hydrogen) atoms. The third-order valence-corrected chi connectivity index (χ3v) is 5.51. The van der Waals surface area contributed by atoms with Crippen LogP contribution in [0, 0.1) is 0 Å². The van der Waals surface area contributed by atoms with E-state index in [1.807, 2.05) is 30.3 Å². The van der Waals surface area contributed by atoms with Gasteiger partial charge in [-0.3, -0.25) is 19.0 Å². The van der Waals surface area contributed by atoms with Crippen LogP contribution >= 0.6 is 0 Å². The van der Waals surface area contributed by atoms with E-state index in [0.717, 1.165) is 0 Å². The molecule has 4 aromatic rings. The van der Waals surface area contributed by atoms with E-state index in [1.54, 1.807) is 42.5 Å². The number of hydrogen-bond acceptors (Lipinski definition) is 4. The van der Waals surface area contributed by atoms with Gasteiger partial charge in [-0.25, -0.2) is 4.98 Å². The smallest absolute Gasteiger partial charge is 0.278 e. The molecule has 7 heteroatoms. The van der Waals surface area contributed by atoms with E-state index >= 15 is 0 Å². The van der Waals surface area contributed by atoms with E-state index in [-0.39, 0.29) is 24.1 Å². The van der Waals surface area contributed by atoms with Crippen molar-refractivity contribution in [1.82, 2.24) is 9.55 Å². The van der Waals surface area contributed by atoms with Crippen LogP contribution in [0.15, 0.2) is 77.6 Å². The molecule has 7 nitrogen and oxygen atoms in total. The SMILES string of the molecule is CC(=O)Nc1ccccc1-c1nc2ccccc2n(CC(=O)Nc2ccc(C(C)C)cc2)c1=O. The van der Waals surface area contributed by atoms with Gasteiger partial charge in [-0.2, -0.15) is 0 Å². The molecule has 0 saturated heterocycles. The molecule has 0 spiro atoms. The first-order valence-corrected chi connectivity index (χ1v) is 11.1. The Morgan fingerprint density at radius 2 is 1.59 bits per heavy atom. The van der Waals surface area contributed by atoms with Crippen LogP contribution in [0.25, 0.3) is 22.3 Å². The highest BCUT2D eigenvalue weighted by molar-refractivity contribution is 5.94. The van der Waals surface area contributed by atoms with E-state index in [4.69, 9.17) is 0 Å². The van der Waals surface area contributed by atoms with Gasteiger partial charge in [0.05, 0.1) is 16.7 Å². The van der Waals surface area contributed by atoms with Crippen LogP contribution in [0.1, 0.15) is 32.3 Å². The molecule has 4 rings (SSSR count). The second-order valence-electron chi connectivity index (χ2n) is 8.39. The van der Waals surface area contributed by atoms with Gasteiger partial charge in [-0.05, 0) is 41.8 Å². The summed E-state index contributed by atoms with van der Waals surface area (Å²) in [4.78, 5) is 42.7. The summed E-state index contributed by atoms with van der Waals surface area (Å²) in [5, 5.41) is 5.62. The molecule has 172 valence electrons. The molecule has 0 saturated carbocycles. The Morgan fingerprint density at radius 3 is 2.29 bits per heavy atom. The average Bonchev–Trinajstić information content (AvgIpc) is 2.81. The molecule has 0 atom stereocenters. The second kappa shape index (κ2) is 9.70. The number of anilines is 2. The lowest BCUT2D eigenvalue weighted by Gasteiger charge is -2.15. The zero-order valence-electron chi connectivity index (χ0n) is 19.3. The molecular weight excluding hydrogens is 428 g/mol. The fourth-order valence-electron chi connectivity index (χ4n) is 3.81. The Kier molecular flexibility index (Phi) is 6.54. The van der Waals surface area contributed by atoms with Crippen molar-refractivity contribution in [1.29, 1.82) is 0 Å². The molecule has 0 aliphatic rings. The minimum atomic E-state index is -0.415. The third kappa shape index (κ3) is 4.88. The maximum Gasteiger partial charge on any atom is 0.278 e. The molecule has 0 aliphatic carbocycles. The van der Waals surface area contributed by atoms with E-state index in [0.29, 0.717) is 33.9 Å². The van der Waals surface area contributed by atoms with Crippen molar-refractivity contribution < 1.29 is 9.59 Å². The summed E-state index contributed by atoms with van der Waals surface area (Å²) < 4.78 is 1.42. The number of rotatable bonds is 6. The molecule has 0 radical (unpaired) electrons. The Bertz CT molecular complexity index is 1420. The minimum Gasteiger partial charge on any atom is -0.326 e. The number of fused-ring (bicyclic) bond motifs is 1. The van der Waals surface area contributed by atoms with E-state index < -0.39 is 5.56 Å². The summed E-state index contributed by atoms with van der Waals surface area (Å²) in [6, 6.07) is 21.8. The number of carbonyl (C=O) groups is 2. The van der Waals surface area contributed by atoms with Crippen molar-refractivity contribution >= 4 is 34.2 Å². The fraction of sp³-hybridized carbons (Fsp3) is 0.185. The summed E-state index contributed by atoms with van der Waals surface area (Å²) in [6.45, 7) is 5.44. The summed E-state index contributed by atoms with van der Waals surface area (Å²) in [7, 11) is 0. The van der Waals surface area contributed by atoms with Gasteiger partial charge in [0.25, 0.3) is 5.56 Å². The predicted octanol–water partition coefficient (Wildman–Crippen LogP) is 4.78. The molecule has 1 aromatic heterocycles. The lowest BCUT2D eigenvalue weighted by Crippen LogP contribution is -2.30. The van der Waals surface area contributed by atoms with Crippen LogP contribution in [0.2, 0.25) is 0 Å². The summed E-state index contributed by atoms with van der Waals surface area (Å²) in [5.41, 5.74) is 3.69. The van der Waals surface area contributed by atoms with Gasteiger partial charge in [-0.1, -0.05) is 56.3 Å². The Balaban J connectivity index is 1.73. The van der Waals surface area contributed by atoms with Gasteiger partial charge in [0, 0.05) is 18.2 Å². The molecule has 0 aliphatic heterocycles. The van der Waals surface area contributed by atoms with Gasteiger partial charge in [0.1, 0.15) is 12.2 Å². The topological polar surface area (TPSA) is 93.1 Å². The highest BCUT2D eigenvalue weighted by Crippen LogP contribution is 2.26. The normalized spacial score (nSPS) is 10.9. The summed E-state index contributed by atoms with van der Waals surface area (Å²) >= 11 is 0. The first kappa shape index (κ1) is 22.9. The van der Waals surface area contributed by atoms with Gasteiger partial charge in [0.2, 0.25) is 11.8 Å². The predicted molar refractivity (Wildman–Crippen MR) is 135 cm³/mol. The lowest BCUT2D eigenvalue weighted by atomic mass is 10.0. The quantitative estimate of drug-likeness (QED) is 0.438. The number of para-hydroxylation sites is 3. The molecule has 3 aromatic carbocycles. The maximum atomic E-state index is 13.5. The van der Waals surface area contributed by atoms with Gasteiger partial charge in [0.15, 0.2) is 0 Å². The Hall–Kier alpha value is -4.26. The second-order valence-corrected chi connectivity index (χ2v) is 8.39. The Morgan fingerprint density at radius 1 is 0.912 bits per heavy atom. The van der Waals surface area contributed by atoms with Crippen LogP contribution in [-0.4, -0.2) is 21.4 Å². The monoisotopic (exact) mass is 454 g/mol. The van der Waals surface area contributed by atoms with E-state index in [2.05, 4.69) is 29.5 Å². The van der Waals surface area contributed by atoms with Crippen LogP contribution in [-0.2, 0) is 16.1 Å². The first-order chi connectivity index (χ1) is 16.3. The number of benzene rings is 3. The van der Waals surface area contributed by atoms with Gasteiger partial charge in [-0.15, -0.1) is 0 Å². The lowest BCUT2D eigenvalue weighted by molar-refractivity contribution is -0.117. The van der Waals surface area contributed by atoms with Crippen molar-refractivity contribution in [2.45, 2.75) is 33.2 Å². The van der Waals surface area contributed by atoms with E-state index in [1.165, 1.54) is 17.1 Å². The summed E-state index contributed by atoms with van der Waals surface area (Å²) in [6.07, 6.45) is 0. The highest BCUT2D eigenvalue weighted by Gasteiger charge is 2.18. The number of nitrogens with zero attached hydrogens (tertiary/aromatic N) is 2. The molecule has 2 N–H and O–H groups in total. The summed E-state index contributed by atoms with van der Waals surface area (Å²) in [5.74, 6) is -0.182. The molecular formula is C27H26N4O3. The number of nitrogens with one attached hydrogen (secondary N) is 2. The van der Waals surface area contributed by atoms with Crippen molar-refractivity contribution in [2.24, 2.45) is 0 Å². The third-order valence-electron chi connectivity index (χ3n) is 5.51. The average molecular weight is 455 g/mol. The zero-order valence-corrected chi connectivity index (χ0v) is 19.3. The highest BCUT2D eigenvalue weighted by atomic mass is 16.2. The molecule has 2 amide bonds. The van der Waals surface area contributed by atoms with Crippen molar-refractivity contribution in [3.63, 3.8) is 0 Å². The Labute approximate surface area is 197 Å². The van der Waals surface area contributed by atoms with Crippen molar-refractivity contribution in [3.8, 4) is 11.3 Å². The maximum absolute atomic E-state index is 13.5. The zero-order chi connectivity index (χ0) is 24.2. The largest absolute Gasteiger partial charge is 0.326 e. The molecule has 0 fully saturated rings. The van der Waals surface area contributed by atoms with Crippen molar-refractivity contribution in [3.05, 3.63) is 88.7 Å². The first-order valence-electron chi connectivity index (χ1n) is 11.1. The minimum absolute atomic E-state index is 0.164. The number of carbonyl (C=O) groups excluding carboxylic acids is 2. The van der Waals surface area contributed by atoms with Crippen molar-refractivity contribution in [2.75, 3.05) is 10.6 Å². The van der Waals surface area contributed by atoms with Crippen LogP contribution < -0.4 is 16.2 Å². The number of hydrogen-bond donors (Lipinski definition) is 2. The van der Waals surface area contributed by atoms with Crippen LogP contribution in [0.3, 0.4) is 0 Å². The van der Waals surface area contributed by atoms with Crippen LogP contribution in [0.5, 0.6) is 0 Å². The fourth-order valence-corrected chi connectivity index (χ4v) is 3.81. The van der Waals surface area contributed by atoms with Crippen LogP contribution in [0.4, 0.5) is 11.4 Å².